The van der Waals surface area contributed by atoms with E-state index < -0.39 is 16.1 Å². The summed E-state index contributed by atoms with van der Waals surface area (Å²) in [6.45, 7) is 1.75. The number of hydrogen-bond donors (Lipinski definition) is 3. The molecule has 3 aromatic rings. The van der Waals surface area contributed by atoms with Crippen LogP contribution in [0.3, 0.4) is 0 Å². The predicted octanol–water partition coefficient (Wildman–Crippen LogP) is 4.55. The molecule has 0 aliphatic rings. The Labute approximate surface area is 157 Å². The van der Waals surface area contributed by atoms with E-state index >= 15 is 0 Å². The highest BCUT2D eigenvalue weighted by Crippen LogP contribution is 2.36. The molecule has 2 amide bonds. The number of rotatable bonds is 4. The van der Waals surface area contributed by atoms with Gasteiger partial charge in [0.15, 0.2) is 0 Å². The van der Waals surface area contributed by atoms with Gasteiger partial charge in [-0.3, -0.25) is 4.55 Å². The van der Waals surface area contributed by atoms with Crippen molar-refractivity contribution >= 4 is 27.5 Å². The molecule has 0 bridgehead atoms. The summed E-state index contributed by atoms with van der Waals surface area (Å²) in [6.07, 6.45) is 0. The van der Waals surface area contributed by atoms with Crippen LogP contribution in [-0.2, 0) is 10.1 Å². The molecule has 7 heteroatoms. The Morgan fingerprint density at radius 2 is 1.44 bits per heavy atom. The standard InChI is InChI=1S/C20H18N2O4S/c1-14-12-13-17(27(24,25)26)18(15-8-4-2-5-9-15)19(14)22-20(23)21-16-10-6-3-7-11-16/h2-13H,1H3,(H2,21,22,23)(H,24,25,26). The van der Waals surface area contributed by atoms with E-state index in [4.69, 9.17) is 0 Å². The third kappa shape index (κ3) is 4.33. The number of aryl methyl sites for hydroxylation is 1. The first-order chi connectivity index (χ1) is 12.9. The van der Waals surface area contributed by atoms with Gasteiger partial charge in [-0.05, 0) is 36.2 Å². The topological polar surface area (TPSA) is 95.5 Å². The Morgan fingerprint density at radius 1 is 0.852 bits per heavy atom. The van der Waals surface area contributed by atoms with E-state index in [-0.39, 0.29) is 10.5 Å². The molecule has 0 saturated heterocycles. The van der Waals surface area contributed by atoms with Crippen LogP contribution in [0.15, 0.2) is 77.7 Å². The summed E-state index contributed by atoms with van der Waals surface area (Å²) in [5.74, 6) is 0. The maximum Gasteiger partial charge on any atom is 0.323 e. The number of amides is 2. The van der Waals surface area contributed by atoms with Crippen molar-refractivity contribution in [2.45, 2.75) is 11.8 Å². The van der Waals surface area contributed by atoms with Gasteiger partial charge in [-0.2, -0.15) is 8.42 Å². The van der Waals surface area contributed by atoms with Crippen LogP contribution in [0.4, 0.5) is 16.2 Å². The molecular formula is C20H18N2O4S. The second-order valence-corrected chi connectivity index (χ2v) is 7.31. The van der Waals surface area contributed by atoms with Crippen LogP contribution in [0.25, 0.3) is 11.1 Å². The second-order valence-electron chi connectivity index (χ2n) is 5.92. The maximum atomic E-state index is 12.4. The fourth-order valence-corrected chi connectivity index (χ4v) is 3.47. The number of hydrogen-bond acceptors (Lipinski definition) is 3. The maximum absolute atomic E-state index is 12.4. The van der Waals surface area contributed by atoms with Gasteiger partial charge in [0, 0.05) is 11.3 Å². The van der Waals surface area contributed by atoms with Gasteiger partial charge in [-0.15, -0.1) is 0 Å². The number of carbonyl (C=O) groups is 1. The van der Waals surface area contributed by atoms with Crippen LogP contribution in [0.1, 0.15) is 5.56 Å². The largest absolute Gasteiger partial charge is 0.323 e. The lowest BCUT2D eigenvalue weighted by Crippen LogP contribution is -2.21. The molecule has 0 aliphatic carbocycles. The lowest BCUT2D eigenvalue weighted by molar-refractivity contribution is 0.262. The first-order valence-corrected chi connectivity index (χ1v) is 9.60. The third-order valence-corrected chi connectivity index (χ3v) is 4.88. The Balaban J connectivity index is 2.07. The van der Waals surface area contributed by atoms with Gasteiger partial charge in [0.25, 0.3) is 10.1 Å². The Kier molecular flexibility index (Phi) is 5.25. The van der Waals surface area contributed by atoms with Crippen LogP contribution >= 0.6 is 0 Å². The van der Waals surface area contributed by atoms with Crippen molar-refractivity contribution < 1.29 is 17.8 Å². The lowest BCUT2D eigenvalue weighted by atomic mass is 10.0. The SMILES string of the molecule is Cc1ccc(S(=O)(=O)O)c(-c2ccccc2)c1NC(=O)Nc1ccccc1. The average Bonchev–Trinajstić information content (AvgIpc) is 2.64. The number of para-hydroxylation sites is 1. The molecule has 0 aliphatic heterocycles. The highest BCUT2D eigenvalue weighted by molar-refractivity contribution is 7.86. The summed E-state index contributed by atoms with van der Waals surface area (Å²) in [5.41, 5.74) is 2.36. The molecule has 0 unspecified atom stereocenters. The van der Waals surface area contributed by atoms with Gasteiger partial charge in [0.2, 0.25) is 0 Å². The van der Waals surface area contributed by atoms with Crippen LogP contribution < -0.4 is 10.6 Å². The normalized spacial score (nSPS) is 11.0. The summed E-state index contributed by atoms with van der Waals surface area (Å²) in [7, 11) is -4.49. The van der Waals surface area contributed by atoms with E-state index in [0.717, 1.165) is 0 Å². The Bertz CT molecular complexity index is 1070. The molecule has 0 spiro atoms. The number of urea groups is 1. The van der Waals surface area contributed by atoms with Gasteiger partial charge in [-0.1, -0.05) is 54.6 Å². The molecule has 3 rings (SSSR count). The van der Waals surface area contributed by atoms with Crippen LogP contribution in [-0.4, -0.2) is 19.0 Å². The molecule has 0 saturated carbocycles. The fraction of sp³-hybridized carbons (Fsp3) is 0.0500. The van der Waals surface area contributed by atoms with Gasteiger partial charge < -0.3 is 10.6 Å². The first kappa shape index (κ1) is 18.6. The van der Waals surface area contributed by atoms with Crippen LogP contribution in [0.5, 0.6) is 0 Å². The number of nitrogens with one attached hydrogen (secondary N) is 2. The summed E-state index contributed by atoms with van der Waals surface area (Å²) < 4.78 is 33.4. The highest BCUT2D eigenvalue weighted by atomic mass is 32.2. The van der Waals surface area contributed by atoms with Gasteiger partial charge in [-0.25, -0.2) is 4.79 Å². The lowest BCUT2D eigenvalue weighted by Gasteiger charge is -2.17. The third-order valence-electron chi connectivity index (χ3n) is 3.99. The predicted molar refractivity (Wildman–Crippen MR) is 106 cm³/mol. The minimum Gasteiger partial charge on any atom is -0.308 e. The van der Waals surface area contributed by atoms with Gasteiger partial charge >= 0.3 is 6.03 Å². The molecule has 0 atom stereocenters. The monoisotopic (exact) mass is 382 g/mol. The minimum atomic E-state index is -4.49. The fourth-order valence-electron chi connectivity index (χ4n) is 2.75. The zero-order chi connectivity index (χ0) is 19.4. The van der Waals surface area contributed by atoms with E-state index in [1.807, 2.05) is 6.07 Å². The van der Waals surface area contributed by atoms with E-state index in [1.54, 1.807) is 61.5 Å². The molecule has 0 fully saturated rings. The molecule has 3 N–H and O–H groups in total. The molecule has 138 valence electrons. The smallest absolute Gasteiger partial charge is 0.308 e. The van der Waals surface area contributed by atoms with E-state index in [0.29, 0.717) is 22.5 Å². The van der Waals surface area contributed by atoms with Crippen molar-refractivity contribution in [3.63, 3.8) is 0 Å². The van der Waals surface area contributed by atoms with Crippen molar-refractivity contribution in [1.29, 1.82) is 0 Å². The van der Waals surface area contributed by atoms with Crippen LogP contribution in [0, 0.1) is 6.92 Å². The molecule has 6 nitrogen and oxygen atoms in total. The van der Waals surface area contributed by atoms with Crippen molar-refractivity contribution in [3.8, 4) is 11.1 Å². The van der Waals surface area contributed by atoms with E-state index in [2.05, 4.69) is 10.6 Å². The quantitative estimate of drug-likeness (QED) is 0.577. The number of benzene rings is 3. The Morgan fingerprint density at radius 3 is 2.04 bits per heavy atom. The molecule has 27 heavy (non-hydrogen) atoms. The zero-order valence-electron chi connectivity index (χ0n) is 14.5. The molecule has 0 aromatic heterocycles. The number of carbonyl (C=O) groups excluding carboxylic acids is 1. The van der Waals surface area contributed by atoms with Gasteiger partial charge in [0.05, 0.1) is 5.69 Å². The average molecular weight is 382 g/mol. The molecular weight excluding hydrogens is 364 g/mol. The van der Waals surface area contributed by atoms with Crippen molar-refractivity contribution in [2.24, 2.45) is 0 Å². The first-order valence-electron chi connectivity index (χ1n) is 8.16. The molecule has 3 aromatic carbocycles. The van der Waals surface area contributed by atoms with Crippen molar-refractivity contribution in [2.75, 3.05) is 10.6 Å². The summed E-state index contributed by atoms with van der Waals surface area (Å²) in [6, 6.07) is 19.9. The summed E-state index contributed by atoms with van der Waals surface area (Å²) in [4.78, 5) is 12.2. The van der Waals surface area contributed by atoms with Crippen molar-refractivity contribution in [1.82, 2.24) is 0 Å². The van der Waals surface area contributed by atoms with Crippen LogP contribution in [0.2, 0.25) is 0 Å². The van der Waals surface area contributed by atoms with E-state index in [9.17, 15) is 17.8 Å². The summed E-state index contributed by atoms with van der Waals surface area (Å²) in [5, 5.41) is 5.41. The van der Waals surface area contributed by atoms with Crippen molar-refractivity contribution in [3.05, 3.63) is 78.4 Å². The number of anilines is 2. The Hall–Kier alpha value is -3.16. The zero-order valence-corrected chi connectivity index (χ0v) is 15.3. The van der Waals surface area contributed by atoms with E-state index in [1.165, 1.54) is 12.1 Å². The summed E-state index contributed by atoms with van der Waals surface area (Å²) >= 11 is 0. The highest BCUT2D eigenvalue weighted by Gasteiger charge is 2.22. The second kappa shape index (κ2) is 7.61. The molecule has 0 heterocycles. The van der Waals surface area contributed by atoms with Gasteiger partial charge in [0.1, 0.15) is 4.90 Å². The minimum absolute atomic E-state index is 0.237. The molecule has 0 radical (unpaired) electrons.